The van der Waals surface area contributed by atoms with Crippen LogP contribution in [0.25, 0.3) is 16.7 Å². The van der Waals surface area contributed by atoms with Gasteiger partial charge in [0.15, 0.2) is 0 Å². The van der Waals surface area contributed by atoms with Crippen LogP contribution in [0.4, 0.5) is 0 Å². The number of halogens is 1. The van der Waals surface area contributed by atoms with Gasteiger partial charge in [-0.2, -0.15) is 0 Å². The molecule has 1 N–H and O–H groups in total. The number of benzene rings is 2. The summed E-state index contributed by atoms with van der Waals surface area (Å²) in [5, 5.41) is 3.60. The largest absolute Gasteiger partial charge is 0.431 e. The highest BCUT2D eigenvalue weighted by Crippen LogP contribution is 2.23. The van der Waals surface area contributed by atoms with Gasteiger partial charge in [0.05, 0.1) is 6.20 Å². The van der Waals surface area contributed by atoms with Gasteiger partial charge in [0.1, 0.15) is 0 Å². The second kappa shape index (κ2) is 8.89. The van der Waals surface area contributed by atoms with Gasteiger partial charge in [-0.1, -0.05) is 61.5 Å². The molecular weight excluding hydrogens is 372 g/mol. The van der Waals surface area contributed by atoms with Crippen molar-refractivity contribution < 1.29 is 9.21 Å². The van der Waals surface area contributed by atoms with E-state index < -0.39 is 0 Å². The zero-order chi connectivity index (χ0) is 20.1. The smallest absolute Gasteiger partial charge is 0.288 e. The average molecular weight is 393 g/mol. The van der Waals surface area contributed by atoms with Crippen LogP contribution in [0.1, 0.15) is 35.4 Å². The van der Waals surface area contributed by atoms with Crippen molar-refractivity contribution in [2.75, 3.05) is 0 Å². The number of nitrogens with one attached hydrogen (secondary N) is 1. The lowest BCUT2D eigenvalue weighted by Gasteiger charge is -2.16. The van der Waals surface area contributed by atoms with E-state index >= 15 is 0 Å². The standard InChI is InChI=1S/C23H21ClN2O2/c1-4-20(26-22(27)21-14-25-23(28-21)15(2)3)12-16-8-10-17(11-9-16)18-6-5-7-19(24)13-18/h5-14,20H,1-2,4H2,3H3,(H,26,27). The number of aromatic nitrogens is 1. The number of oxazole rings is 1. The zero-order valence-corrected chi connectivity index (χ0v) is 16.4. The van der Waals surface area contributed by atoms with Crippen LogP contribution in [0.5, 0.6) is 0 Å². The maximum atomic E-state index is 12.4. The van der Waals surface area contributed by atoms with Crippen LogP contribution < -0.4 is 5.32 Å². The Labute approximate surface area is 170 Å². The molecule has 28 heavy (non-hydrogen) atoms. The number of amides is 1. The number of allylic oxidation sites excluding steroid dienone is 1. The van der Waals surface area contributed by atoms with Gasteiger partial charge in [0.2, 0.25) is 11.7 Å². The van der Waals surface area contributed by atoms with Crippen LogP contribution in [-0.2, 0) is 0 Å². The molecule has 0 saturated carbocycles. The quantitative estimate of drug-likeness (QED) is 0.569. The zero-order valence-electron chi connectivity index (χ0n) is 15.6. The third-order valence-corrected chi connectivity index (χ3v) is 4.42. The highest BCUT2D eigenvalue weighted by Gasteiger charge is 2.17. The van der Waals surface area contributed by atoms with Gasteiger partial charge in [-0.15, -0.1) is 0 Å². The SMILES string of the molecule is [CH2]CC([CH]c1ccc(-c2cccc(Cl)c2)cc1)NC(=O)c1cnc(C(=C)C)o1. The van der Waals surface area contributed by atoms with Gasteiger partial charge in [-0.3, -0.25) is 4.79 Å². The molecule has 1 atom stereocenters. The molecule has 0 spiro atoms. The molecule has 5 heteroatoms. The number of carbonyl (C=O) groups is 1. The number of rotatable bonds is 7. The summed E-state index contributed by atoms with van der Waals surface area (Å²) >= 11 is 6.06. The fourth-order valence-electron chi connectivity index (χ4n) is 2.70. The summed E-state index contributed by atoms with van der Waals surface area (Å²) in [6.45, 7) is 9.44. The Morgan fingerprint density at radius 2 is 2.00 bits per heavy atom. The summed E-state index contributed by atoms with van der Waals surface area (Å²) in [6, 6.07) is 15.5. The molecule has 0 aliphatic heterocycles. The van der Waals surface area contributed by atoms with E-state index in [9.17, 15) is 4.79 Å². The summed E-state index contributed by atoms with van der Waals surface area (Å²) in [5.74, 6) is 0.179. The van der Waals surface area contributed by atoms with Gasteiger partial charge < -0.3 is 9.73 Å². The fraction of sp³-hybridized carbons (Fsp3) is 0.130. The van der Waals surface area contributed by atoms with E-state index in [2.05, 4.69) is 23.8 Å². The van der Waals surface area contributed by atoms with Crippen molar-refractivity contribution in [3.05, 3.63) is 96.9 Å². The molecule has 0 fully saturated rings. The first-order valence-corrected chi connectivity index (χ1v) is 9.27. The maximum absolute atomic E-state index is 12.4. The first-order chi connectivity index (χ1) is 13.5. The van der Waals surface area contributed by atoms with Crippen molar-refractivity contribution in [2.24, 2.45) is 0 Å². The van der Waals surface area contributed by atoms with Gasteiger partial charge in [-0.05, 0) is 42.2 Å². The van der Waals surface area contributed by atoms with E-state index in [1.807, 2.05) is 55.0 Å². The number of carbonyl (C=O) groups excluding carboxylic acids is 1. The monoisotopic (exact) mass is 392 g/mol. The third kappa shape index (κ3) is 4.90. The van der Waals surface area contributed by atoms with Crippen molar-refractivity contribution >= 4 is 23.1 Å². The predicted octanol–water partition coefficient (Wildman–Crippen LogP) is 5.60. The number of nitrogens with zero attached hydrogens (tertiary/aromatic N) is 1. The number of hydrogen-bond acceptors (Lipinski definition) is 3. The maximum Gasteiger partial charge on any atom is 0.288 e. The van der Waals surface area contributed by atoms with Gasteiger partial charge >= 0.3 is 0 Å². The molecule has 2 aromatic carbocycles. The van der Waals surface area contributed by atoms with Crippen molar-refractivity contribution in [2.45, 2.75) is 19.4 Å². The Morgan fingerprint density at radius 1 is 1.25 bits per heavy atom. The molecule has 1 aromatic heterocycles. The lowest BCUT2D eigenvalue weighted by molar-refractivity contribution is 0.0914. The Hall–Kier alpha value is -2.85. The normalized spacial score (nSPS) is 11.8. The topological polar surface area (TPSA) is 55.1 Å². The molecule has 0 aliphatic carbocycles. The Morgan fingerprint density at radius 3 is 2.61 bits per heavy atom. The molecule has 3 rings (SSSR count). The lowest BCUT2D eigenvalue weighted by Crippen LogP contribution is -2.34. The average Bonchev–Trinajstić information content (AvgIpc) is 3.19. The van der Waals surface area contributed by atoms with Gasteiger partial charge in [-0.25, -0.2) is 4.98 Å². The molecule has 0 saturated heterocycles. The first-order valence-electron chi connectivity index (χ1n) is 8.89. The lowest BCUT2D eigenvalue weighted by atomic mass is 9.99. The molecule has 2 radical (unpaired) electrons. The van der Waals surface area contributed by atoms with Gasteiger partial charge in [0, 0.05) is 23.1 Å². The summed E-state index contributed by atoms with van der Waals surface area (Å²) in [7, 11) is 0. The van der Waals surface area contributed by atoms with Crippen LogP contribution >= 0.6 is 11.6 Å². The fourth-order valence-corrected chi connectivity index (χ4v) is 2.89. The van der Waals surface area contributed by atoms with Crippen molar-refractivity contribution in [3.8, 4) is 11.1 Å². The summed E-state index contributed by atoms with van der Waals surface area (Å²) in [4.78, 5) is 16.4. The highest BCUT2D eigenvalue weighted by molar-refractivity contribution is 6.30. The minimum Gasteiger partial charge on any atom is -0.431 e. The van der Waals surface area contributed by atoms with Crippen LogP contribution in [0.2, 0.25) is 5.02 Å². The molecule has 1 heterocycles. The molecule has 1 amide bonds. The predicted molar refractivity (Wildman–Crippen MR) is 113 cm³/mol. The molecule has 3 aromatic rings. The van der Waals surface area contributed by atoms with Crippen LogP contribution in [0.15, 0.2) is 65.7 Å². The van der Waals surface area contributed by atoms with E-state index in [0.29, 0.717) is 22.9 Å². The van der Waals surface area contributed by atoms with E-state index in [1.54, 1.807) is 6.92 Å². The molecule has 0 aliphatic rings. The van der Waals surface area contributed by atoms with Gasteiger partial charge in [0.25, 0.3) is 5.91 Å². The van der Waals surface area contributed by atoms with Crippen molar-refractivity contribution in [3.63, 3.8) is 0 Å². The van der Waals surface area contributed by atoms with Crippen LogP contribution in [0, 0.1) is 13.3 Å². The second-order valence-electron chi connectivity index (χ2n) is 6.48. The van der Waals surface area contributed by atoms with Crippen molar-refractivity contribution in [1.82, 2.24) is 10.3 Å². The van der Waals surface area contributed by atoms with E-state index in [4.69, 9.17) is 16.0 Å². The molecule has 142 valence electrons. The molecule has 0 bridgehead atoms. The van der Waals surface area contributed by atoms with E-state index in [1.165, 1.54) is 6.20 Å². The molecule has 1 unspecified atom stereocenters. The molecule has 4 nitrogen and oxygen atoms in total. The highest BCUT2D eigenvalue weighted by atomic mass is 35.5. The second-order valence-corrected chi connectivity index (χ2v) is 6.91. The third-order valence-electron chi connectivity index (χ3n) is 4.18. The minimum absolute atomic E-state index is 0.154. The van der Waals surface area contributed by atoms with E-state index in [-0.39, 0.29) is 17.7 Å². The minimum atomic E-state index is -0.333. The summed E-state index contributed by atoms with van der Waals surface area (Å²) in [6.07, 6.45) is 3.87. The number of hydrogen-bond donors (Lipinski definition) is 1. The first kappa shape index (κ1) is 19.9. The Bertz CT molecular complexity index is 976. The van der Waals surface area contributed by atoms with E-state index in [0.717, 1.165) is 16.7 Å². The molecular formula is C23H21ClN2O2. The van der Waals surface area contributed by atoms with Crippen LogP contribution in [0.3, 0.4) is 0 Å². The summed E-state index contributed by atoms with van der Waals surface area (Å²) < 4.78 is 5.41. The Balaban J connectivity index is 1.65. The van der Waals surface area contributed by atoms with Crippen molar-refractivity contribution in [1.29, 1.82) is 0 Å². The Kier molecular flexibility index (Phi) is 6.32. The van der Waals surface area contributed by atoms with Crippen LogP contribution in [-0.4, -0.2) is 16.9 Å². The summed E-state index contributed by atoms with van der Waals surface area (Å²) in [5.41, 5.74) is 3.78.